The molecule has 1 fully saturated rings. The first-order valence-corrected chi connectivity index (χ1v) is 7.10. The predicted molar refractivity (Wildman–Crippen MR) is 77.0 cm³/mol. The van der Waals surface area contributed by atoms with Crippen LogP contribution in [-0.2, 0) is 4.79 Å². The number of piperazine rings is 1. The van der Waals surface area contributed by atoms with Crippen LogP contribution in [0.4, 0.5) is 0 Å². The molecule has 102 valence electrons. The maximum absolute atomic E-state index is 12.5. The number of hydrogen-bond donors (Lipinski definition) is 0. The van der Waals surface area contributed by atoms with Crippen LogP contribution in [0.2, 0.25) is 0 Å². The van der Waals surface area contributed by atoms with E-state index in [1.807, 2.05) is 30.0 Å². The van der Waals surface area contributed by atoms with E-state index in [1.54, 1.807) is 11.8 Å². The third-order valence-corrected chi connectivity index (χ3v) is 4.37. The maximum atomic E-state index is 12.5. The van der Waals surface area contributed by atoms with Crippen molar-refractivity contribution in [1.29, 1.82) is 0 Å². The van der Waals surface area contributed by atoms with Crippen LogP contribution in [0.5, 0.6) is 0 Å². The van der Waals surface area contributed by atoms with Gasteiger partial charge in [0.05, 0.1) is 0 Å². The maximum Gasteiger partial charge on any atom is 0.254 e. The number of carbonyl (C=O) groups is 2. The van der Waals surface area contributed by atoms with Gasteiger partial charge >= 0.3 is 0 Å². The van der Waals surface area contributed by atoms with Crippen LogP contribution in [-0.4, -0.2) is 47.8 Å². The summed E-state index contributed by atoms with van der Waals surface area (Å²) in [6.07, 6.45) is 0. The molecule has 1 aliphatic heterocycles. The summed E-state index contributed by atoms with van der Waals surface area (Å²) in [6.45, 7) is 5.94. The van der Waals surface area contributed by atoms with Crippen molar-refractivity contribution in [1.82, 2.24) is 9.80 Å². The number of hydrogen-bond acceptors (Lipinski definition) is 2. The van der Waals surface area contributed by atoms with Crippen molar-refractivity contribution in [3.05, 3.63) is 33.8 Å². The summed E-state index contributed by atoms with van der Waals surface area (Å²) in [5.41, 5.74) is 1.69. The molecule has 1 aromatic rings. The summed E-state index contributed by atoms with van der Waals surface area (Å²) >= 11 is 3.44. The van der Waals surface area contributed by atoms with Gasteiger partial charge in [0.2, 0.25) is 5.91 Å². The zero-order chi connectivity index (χ0) is 14.0. The van der Waals surface area contributed by atoms with Crippen LogP contribution < -0.4 is 0 Å². The highest BCUT2D eigenvalue weighted by atomic mass is 79.9. The van der Waals surface area contributed by atoms with Crippen molar-refractivity contribution in [2.24, 2.45) is 0 Å². The molecule has 0 unspecified atom stereocenters. The second kappa shape index (κ2) is 5.74. The zero-order valence-corrected chi connectivity index (χ0v) is 12.7. The smallest absolute Gasteiger partial charge is 0.254 e. The van der Waals surface area contributed by atoms with Gasteiger partial charge in [0.25, 0.3) is 5.91 Å². The Kier molecular flexibility index (Phi) is 4.24. The standard InChI is InChI=1S/C14H17BrN2O2/c1-10-12(4-3-5-13(10)15)14(19)17-8-6-16(7-9-17)11(2)18/h3-5H,6-9H2,1-2H3. The van der Waals surface area contributed by atoms with Gasteiger partial charge in [-0.2, -0.15) is 0 Å². The van der Waals surface area contributed by atoms with Gasteiger partial charge in [-0.25, -0.2) is 0 Å². The fourth-order valence-corrected chi connectivity index (χ4v) is 2.60. The number of carbonyl (C=O) groups excluding carboxylic acids is 2. The van der Waals surface area contributed by atoms with Crippen LogP contribution in [0, 0.1) is 6.92 Å². The van der Waals surface area contributed by atoms with Gasteiger partial charge < -0.3 is 9.80 Å². The number of nitrogens with zero attached hydrogens (tertiary/aromatic N) is 2. The Morgan fingerprint density at radius 2 is 1.68 bits per heavy atom. The lowest BCUT2D eigenvalue weighted by atomic mass is 10.1. The number of amides is 2. The monoisotopic (exact) mass is 324 g/mol. The average molecular weight is 325 g/mol. The van der Waals surface area contributed by atoms with Crippen LogP contribution in [0.3, 0.4) is 0 Å². The molecule has 0 atom stereocenters. The number of rotatable bonds is 1. The lowest BCUT2D eigenvalue weighted by Gasteiger charge is -2.34. The van der Waals surface area contributed by atoms with E-state index in [0.29, 0.717) is 26.2 Å². The molecule has 1 heterocycles. The first kappa shape index (κ1) is 14.1. The molecule has 1 aliphatic rings. The average Bonchev–Trinajstić information content (AvgIpc) is 2.41. The Bertz CT molecular complexity index is 508. The third-order valence-electron chi connectivity index (χ3n) is 3.51. The zero-order valence-electron chi connectivity index (χ0n) is 11.1. The van der Waals surface area contributed by atoms with Crippen LogP contribution in [0.15, 0.2) is 22.7 Å². The molecule has 1 aromatic carbocycles. The molecule has 0 N–H and O–H groups in total. The van der Waals surface area contributed by atoms with E-state index in [-0.39, 0.29) is 11.8 Å². The molecular formula is C14H17BrN2O2. The molecule has 19 heavy (non-hydrogen) atoms. The second-order valence-corrected chi connectivity index (χ2v) is 5.57. The van der Waals surface area contributed by atoms with Gasteiger partial charge in [-0.1, -0.05) is 22.0 Å². The SMILES string of the molecule is CC(=O)N1CCN(C(=O)c2cccc(Br)c2C)CC1. The van der Waals surface area contributed by atoms with Crippen molar-refractivity contribution in [2.45, 2.75) is 13.8 Å². The molecular weight excluding hydrogens is 308 g/mol. The van der Waals surface area contributed by atoms with Crippen LogP contribution in [0.1, 0.15) is 22.8 Å². The quantitative estimate of drug-likeness (QED) is 0.793. The molecule has 5 heteroatoms. The topological polar surface area (TPSA) is 40.6 Å². The van der Waals surface area contributed by atoms with Gasteiger partial charge in [-0.3, -0.25) is 9.59 Å². The fraction of sp³-hybridized carbons (Fsp3) is 0.429. The first-order valence-electron chi connectivity index (χ1n) is 6.30. The largest absolute Gasteiger partial charge is 0.339 e. The third kappa shape index (κ3) is 2.97. The minimum atomic E-state index is 0.0435. The van der Waals surface area contributed by atoms with Gasteiger partial charge in [0.15, 0.2) is 0 Å². The molecule has 1 saturated heterocycles. The number of benzene rings is 1. The molecule has 4 nitrogen and oxygen atoms in total. The van der Waals surface area contributed by atoms with Gasteiger partial charge in [0, 0.05) is 43.1 Å². The van der Waals surface area contributed by atoms with Crippen molar-refractivity contribution in [3.8, 4) is 0 Å². The Morgan fingerprint density at radius 3 is 2.26 bits per heavy atom. The van der Waals surface area contributed by atoms with E-state index in [4.69, 9.17) is 0 Å². The van der Waals surface area contributed by atoms with Crippen molar-refractivity contribution in [2.75, 3.05) is 26.2 Å². The summed E-state index contributed by atoms with van der Waals surface area (Å²) in [4.78, 5) is 27.3. The number of halogens is 1. The van der Waals surface area contributed by atoms with E-state index in [9.17, 15) is 9.59 Å². The van der Waals surface area contributed by atoms with Crippen LogP contribution >= 0.6 is 15.9 Å². The van der Waals surface area contributed by atoms with Crippen molar-refractivity contribution >= 4 is 27.7 Å². The summed E-state index contributed by atoms with van der Waals surface area (Å²) in [5.74, 6) is 0.118. The molecule has 0 saturated carbocycles. The molecule has 2 amide bonds. The fourth-order valence-electron chi connectivity index (χ4n) is 2.23. The van der Waals surface area contributed by atoms with Crippen molar-refractivity contribution < 1.29 is 9.59 Å². The summed E-state index contributed by atoms with van der Waals surface area (Å²) in [7, 11) is 0. The molecule has 0 radical (unpaired) electrons. The summed E-state index contributed by atoms with van der Waals surface area (Å²) < 4.78 is 0.945. The lowest BCUT2D eigenvalue weighted by molar-refractivity contribution is -0.130. The van der Waals surface area contributed by atoms with E-state index < -0.39 is 0 Å². The minimum absolute atomic E-state index is 0.0435. The van der Waals surface area contributed by atoms with E-state index in [1.165, 1.54) is 0 Å². The molecule has 2 rings (SSSR count). The highest BCUT2D eigenvalue weighted by molar-refractivity contribution is 9.10. The van der Waals surface area contributed by atoms with Crippen molar-refractivity contribution in [3.63, 3.8) is 0 Å². The second-order valence-electron chi connectivity index (χ2n) is 4.71. The Labute approximate surface area is 121 Å². The molecule has 0 spiro atoms. The van der Waals surface area contributed by atoms with E-state index >= 15 is 0 Å². The lowest BCUT2D eigenvalue weighted by Crippen LogP contribution is -2.50. The van der Waals surface area contributed by atoms with Gasteiger partial charge in [-0.05, 0) is 24.6 Å². The highest BCUT2D eigenvalue weighted by Crippen LogP contribution is 2.21. The summed E-state index contributed by atoms with van der Waals surface area (Å²) in [6, 6.07) is 5.65. The molecule has 0 bridgehead atoms. The van der Waals surface area contributed by atoms with Crippen LogP contribution in [0.25, 0.3) is 0 Å². The van der Waals surface area contributed by atoms with E-state index in [2.05, 4.69) is 15.9 Å². The minimum Gasteiger partial charge on any atom is -0.339 e. The highest BCUT2D eigenvalue weighted by Gasteiger charge is 2.24. The first-order chi connectivity index (χ1) is 9.00. The normalized spacial score (nSPS) is 15.5. The van der Waals surface area contributed by atoms with E-state index in [0.717, 1.165) is 15.6 Å². The molecule has 0 aromatic heterocycles. The Balaban J connectivity index is 2.09. The van der Waals surface area contributed by atoms with Gasteiger partial charge in [-0.15, -0.1) is 0 Å². The Morgan fingerprint density at radius 1 is 1.11 bits per heavy atom. The predicted octanol–water partition coefficient (Wildman–Crippen LogP) is 2.06. The summed E-state index contributed by atoms with van der Waals surface area (Å²) in [5, 5.41) is 0. The Hall–Kier alpha value is -1.36. The molecule has 0 aliphatic carbocycles. The van der Waals surface area contributed by atoms with Gasteiger partial charge in [0.1, 0.15) is 0 Å².